The van der Waals surface area contributed by atoms with Crippen LogP contribution in [0.4, 0.5) is 11.4 Å². The maximum Gasteiger partial charge on any atom is 0.293 e. The number of hydrogen-bond acceptors (Lipinski definition) is 6. The summed E-state index contributed by atoms with van der Waals surface area (Å²) in [5.74, 6) is 5.29. The number of nitrogens with two attached hydrogens (primary N) is 1. The average Bonchev–Trinajstić information content (AvgIpc) is 2.37. The van der Waals surface area contributed by atoms with Gasteiger partial charge in [-0.3, -0.25) is 20.9 Å². The molecule has 7 heteroatoms. The lowest BCUT2D eigenvalue weighted by molar-refractivity contribution is -0.384. The van der Waals surface area contributed by atoms with E-state index in [-0.39, 0.29) is 5.69 Å². The second kappa shape index (κ2) is 6.43. The number of thioether (sulfide) groups is 1. The zero-order valence-corrected chi connectivity index (χ0v) is 12.5. The van der Waals surface area contributed by atoms with E-state index in [0.717, 1.165) is 25.2 Å². The normalized spacial score (nSPS) is 23.6. The van der Waals surface area contributed by atoms with Gasteiger partial charge in [0.2, 0.25) is 0 Å². The average molecular weight is 296 g/mol. The quantitative estimate of drug-likeness (QED) is 0.503. The first-order valence-corrected chi connectivity index (χ1v) is 7.55. The predicted molar refractivity (Wildman–Crippen MR) is 82.7 cm³/mol. The molecule has 1 aromatic carbocycles. The molecule has 0 aromatic heterocycles. The second-order valence-electron chi connectivity index (χ2n) is 5.20. The molecule has 110 valence electrons. The summed E-state index contributed by atoms with van der Waals surface area (Å²) in [5.41, 5.74) is 3.68. The number of hydrogen-bond donors (Lipinski definition) is 2. The van der Waals surface area contributed by atoms with Gasteiger partial charge in [-0.05, 0) is 11.6 Å². The number of nitro groups is 1. The Hall–Kier alpha value is -1.31. The number of nitrogen functional groups attached to an aromatic ring is 1. The molecule has 2 atom stereocenters. The number of anilines is 1. The third-order valence-corrected chi connectivity index (χ3v) is 4.54. The summed E-state index contributed by atoms with van der Waals surface area (Å²) in [7, 11) is 0. The minimum absolute atomic E-state index is 0.0254. The zero-order chi connectivity index (χ0) is 14.7. The number of nitrogens with one attached hydrogen (secondary N) is 1. The fraction of sp³-hybridized carbons (Fsp3) is 0.538. The Labute approximate surface area is 122 Å². The Morgan fingerprint density at radius 2 is 2.10 bits per heavy atom. The van der Waals surface area contributed by atoms with Crippen LogP contribution in [0.25, 0.3) is 0 Å². The van der Waals surface area contributed by atoms with E-state index in [1.807, 2.05) is 17.8 Å². The van der Waals surface area contributed by atoms with Gasteiger partial charge in [0.05, 0.1) is 4.92 Å². The predicted octanol–water partition coefficient (Wildman–Crippen LogP) is 2.21. The highest BCUT2D eigenvalue weighted by atomic mass is 32.2. The van der Waals surface area contributed by atoms with E-state index in [2.05, 4.69) is 24.2 Å². The number of nitro benzene ring substituents is 1. The molecule has 1 heterocycles. The molecule has 1 fully saturated rings. The second-order valence-corrected chi connectivity index (χ2v) is 7.09. The zero-order valence-electron chi connectivity index (χ0n) is 11.7. The van der Waals surface area contributed by atoms with Crippen molar-refractivity contribution in [2.75, 3.05) is 18.5 Å². The van der Waals surface area contributed by atoms with Crippen molar-refractivity contribution >= 4 is 23.1 Å². The molecule has 1 aliphatic heterocycles. The maximum atomic E-state index is 11.0. The van der Waals surface area contributed by atoms with Gasteiger partial charge in [0.1, 0.15) is 5.69 Å². The first-order chi connectivity index (χ1) is 9.49. The monoisotopic (exact) mass is 296 g/mol. The number of nitrogens with zero attached hydrogens (tertiary/aromatic N) is 2. The van der Waals surface area contributed by atoms with Crippen molar-refractivity contribution in [3.8, 4) is 0 Å². The molecule has 1 saturated heterocycles. The lowest BCUT2D eigenvalue weighted by atomic mass is 10.1. The van der Waals surface area contributed by atoms with Gasteiger partial charge >= 0.3 is 0 Å². The van der Waals surface area contributed by atoms with Gasteiger partial charge in [-0.25, -0.2) is 0 Å². The topological polar surface area (TPSA) is 84.4 Å². The van der Waals surface area contributed by atoms with E-state index in [1.165, 1.54) is 0 Å². The molecule has 0 spiro atoms. The largest absolute Gasteiger partial charge is 0.318 e. The maximum absolute atomic E-state index is 11.0. The van der Waals surface area contributed by atoms with Crippen molar-refractivity contribution in [3.63, 3.8) is 0 Å². The Bertz CT molecular complexity index is 487. The summed E-state index contributed by atoms with van der Waals surface area (Å²) >= 11 is 1.99. The van der Waals surface area contributed by atoms with Crippen molar-refractivity contribution in [2.24, 2.45) is 5.84 Å². The van der Waals surface area contributed by atoms with E-state index in [9.17, 15) is 10.1 Å². The number of rotatable bonds is 4. The van der Waals surface area contributed by atoms with Crippen LogP contribution in [-0.2, 0) is 6.54 Å². The molecule has 0 radical (unpaired) electrons. The van der Waals surface area contributed by atoms with Crippen LogP contribution in [0.5, 0.6) is 0 Å². The standard InChI is InChI=1S/C13H20N4O2S/c1-9-6-16(7-10(2)20-9)8-11-3-4-12(15-14)13(5-11)17(18)19/h3-5,9-10,15H,6-8,14H2,1-2H3. The van der Waals surface area contributed by atoms with Crippen LogP contribution in [0.1, 0.15) is 19.4 Å². The lowest BCUT2D eigenvalue weighted by Gasteiger charge is -2.34. The Kier molecular flexibility index (Phi) is 4.85. The first-order valence-electron chi connectivity index (χ1n) is 6.61. The molecular formula is C13H20N4O2S. The van der Waals surface area contributed by atoms with Crippen LogP contribution in [0, 0.1) is 10.1 Å². The molecule has 2 rings (SSSR count). The van der Waals surface area contributed by atoms with Crippen LogP contribution >= 0.6 is 11.8 Å². The summed E-state index contributed by atoms with van der Waals surface area (Å²) < 4.78 is 0. The molecular weight excluding hydrogens is 276 g/mol. The van der Waals surface area contributed by atoms with Gasteiger partial charge in [0.15, 0.2) is 0 Å². The van der Waals surface area contributed by atoms with Crippen molar-refractivity contribution in [2.45, 2.75) is 30.9 Å². The molecule has 2 unspecified atom stereocenters. The summed E-state index contributed by atoms with van der Waals surface area (Å²) in [6, 6.07) is 5.16. The summed E-state index contributed by atoms with van der Waals surface area (Å²) in [6.07, 6.45) is 0. The Morgan fingerprint density at radius 3 is 2.65 bits per heavy atom. The molecule has 0 bridgehead atoms. The van der Waals surface area contributed by atoms with E-state index in [1.54, 1.807) is 12.1 Å². The first kappa shape index (κ1) is 15.1. The summed E-state index contributed by atoms with van der Waals surface area (Å²) in [4.78, 5) is 13.0. The highest BCUT2D eigenvalue weighted by molar-refractivity contribution is 8.00. The van der Waals surface area contributed by atoms with Gasteiger partial charge in [0, 0.05) is 36.2 Å². The highest BCUT2D eigenvalue weighted by Crippen LogP contribution is 2.28. The minimum atomic E-state index is -0.407. The Balaban J connectivity index is 2.13. The summed E-state index contributed by atoms with van der Waals surface area (Å²) in [5, 5.41) is 12.2. The molecule has 0 aliphatic carbocycles. The van der Waals surface area contributed by atoms with E-state index in [4.69, 9.17) is 5.84 Å². The van der Waals surface area contributed by atoms with E-state index < -0.39 is 4.92 Å². The van der Waals surface area contributed by atoms with E-state index in [0.29, 0.717) is 16.2 Å². The van der Waals surface area contributed by atoms with Crippen LogP contribution in [0.15, 0.2) is 18.2 Å². The smallest absolute Gasteiger partial charge is 0.293 e. The van der Waals surface area contributed by atoms with Crippen molar-refractivity contribution in [1.82, 2.24) is 4.90 Å². The molecule has 1 aromatic rings. The number of hydrazine groups is 1. The van der Waals surface area contributed by atoms with E-state index >= 15 is 0 Å². The molecule has 0 amide bonds. The lowest BCUT2D eigenvalue weighted by Crippen LogP contribution is -2.39. The van der Waals surface area contributed by atoms with Crippen LogP contribution in [-0.4, -0.2) is 33.4 Å². The van der Waals surface area contributed by atoms with Gasteiger partial charge in [-0.15, -0.1) is 0 Å². The fourth-order valence-corrected chi connectivity index (χ4v) is 4.01. The number of benzene rings is 1. The van der Waals surface area contributed by atoms with Gasteiger partial charge in [-0.1, -0.05) is 19.9 Å². The molecule has 0 saturated carbocycles. The van der Waals surface area contributed by atoms with Crippen molar-refractivity contribution < 1.29 is 4.92 Å². The Morgan fingerprint density at radius 1 is 1.45 bits per heavy atom. The minimum Gasteiger partial charge on any atom is -0.318 e. The molecule has 3 N–H and O–H groups in total. The van der Waals surface area contributed by atoms with Crippen molar-refractivity contribution in [1.29, 1.82) is 0 Å². The molecule has 20 heavy (non-hydrogen) atoms. The third kappa shape index (κ3) is 3.62. The van der Waals surface area contributed by atoms with Crippen LogP contribution < -0.4 is 11.3 Å². The summed E-state index contributed by atoms with van der Waals surface area (Å²) in [6.45, 7) is 7.20. The molecule has 6 nitrogen and oxygen atoms in total. The van der Waals surface area contributed by atoms with Gasteiger partial charge in [0.25, 0.3) is 5.69 Å². The van der Waals surface area contributed by atoms with Crippen LogP contribution in [0.3, 0.4) is 0 Å². The third-order valence-electron chi connectivity index (χ3n) is 3.32. The van der Waals surface area contributed by atoms with Crippen molar-refractivity contribution in [3.05, 3.63) is 33.9 Å². The van der Waals surface area contributed by atoms with Crippen LogP contribution in [0.2, 0.25) is 0 Å². The molecule has 1 aliphatic rings. The van der Waals surface area contributed by atoms with Gasteiger partial charge in [-0.2, -0.15) is 11.8 Å². The SMILES string of the molecule is CC1CN(Cc2ccc(NN)c([N+](=O)[O-])c2)CC(C)S1. The fourth-order valence-electron chi connectivity index (χ4n) is 2.62. The highest BCUT2D eigenvalue weighted by Gasteiger charge is 2.23. The van der Waals surface area contributed by atoms with Gasteiger partial charge < -0.3 is 5.43 Å².